The van der Waals surface area contributed by atoms with Crippen molar-refractivity contribution in [3.8, 4) is 0 Å². The van der Waals surface area contributed by atoms with E-state index in [4.69, 9.17) is 0 Å². The van der Waals surface area contributed by atoms with Crippen molar-refractivity contribution in [1.82, 2.24) is 12.9 Å². The highest BCUT2D eigenvalue weighted by atomic mass is 32.2. The molecule has 222 valence electrons. The van der Waals surface area contributed by atoms with E-state index >= 15 is 0 Å². The topological polar surface area (TPSA) is 112 Å². The van der Waals surface area contributed by atoms with E-state index in [2.05, 4.69) is 0 Å². The van der Waals surface area contributed by atoms with Gasteiger partial charge in [-0.15, -0.1) is 0 Å². The molecule has 9 nitrogen and oxygen atoms in total. The van der Waals surface area contributed by atoms with Crippen LogP contribution in [-0.2, 0) is 62.8 Å². The Balaban J connectivity index is 1.35. The van der Waals surface area contributed by atoms with Crippen molar-refractivity contribution < 1.29 is 25.3 Å². The van der Waals surface area contributed by atoms with Crippen LogP contribution in [0.4, 0.5) is 0 Å². The number of hydrogen-bond acceptors (Lipinski definition) is 6. The van der Waals surface area contributed by atoms with Crippen molar-refractivity contribution in [3.05, 3.63) is 124 Å². The monoisotopic (exact) mass is 635 g/mol. The van der Waals surface area contributed by atoms with Gasteiger partial charge in [0, 0.05) is 38.8 Å². The van der Waals surface area contributed by atoms with Crippen molar-refractivity contribution in [2.75, 3.05) is 0 Å². The molecule has 0 fully saturated rings. The maximum absolute atomic E-state index is 13.8. The van der Waals surface area contributed by atoms with Gasteiger partial charge in [0.2, 0.25) is 30.1 Å². The maximum atomic E-state index is 13.8. The highest BCUT2D eigenvalue weighted by molar-refractivity contribution is 7.89. The quantitative estimate of drug-likeness (QED) is 0.311. The molecular weight excluding hydrogens is 607 g/mol. The molecule has 1 unspecified atom stereocenters. The third-order valence-corrected chi connectivity index (χ3v) is 14.3. The van der Waals surface area contributed by atoms with Gasteiger partial charge in [-0.3, -0.25) is 0 Å². The predicted molar refractivity (Wildman–Crippen MR) is 160 cm³/mol. The van der Waals surface area contributed by atoms with E-state index in [9.17, 15) is 25.3 Å². The average molecular weight is 636 g/mol. The molecule has 7 rings (SSSR count). The number of hydrogen-bond donors (Lipinski definition) is 0. The van der Waals surface area contributed by atoms with E-state index in [-0.39, 0.29) is 47.4 Å². The summed E-state index contributed by atoms with van der Waals surface area (Å²) in [6, 6.07) is 24.1. The van der Waals surface area contributed by atoms with Crippen LogP contribution in [0.2, 0.25) is 0 Å². The third-order valence-electron chi connectivity index (χ3n) is 8.72. The fourth-order valence-corrected chi connectivity index (χ4v) is 11.0. The first-order chi connectivity index (χ1) is 20.5. The van der Waals surface area contributed by atoms with E-state index in [1.807, 2.05) is 6.92 Å². The highest BCUT2D eigenvalue weighted by Crippen LogP contribution is 2.49. The van der Waals surface area contributed by atoms with Gasteiger partial charge in [0.05, 0.1) is 14.7 Å². The lowest BCUT2D eigenvalue weighted by Gasteiger charge is -2.22. The Kier molecular flexibility index (Phi) is 6.65. The second kappa shape index (κ2) is 10.1. The van der Waals surface area contributed by atoms with Gasteiger partial charge in [-0.25, -0.2) is 25.3 Å². The molecule has 12 heteroatoms. The van der Waals surface area contributed by atoms with E-state index < -0.39 is 36.1 Å². The standard InChI is InChI=1S/C31H29N3O6S3/c1-22-31-29-20-33(42(37,38)24-13-7-3-8-14-24)18-27(29)26-17-32(41(35,36)23-11-5-2-6-12-23)19-28(26)30(31)21-34(22)43(39,40)25-15-9-4-10-16-25/h2-16,22H,17-21H2,1H3. The first kappa shape index (κ1) is 28.4. The first-order valence-electron chi connectivity index (χ1n) is 13.9. The summed E-state index contributed by atoms with van der Waals surface area (Å²) >= 11 is 0. The van der Waals surface area contributed by atoms with Crippen LogP contribution in [0.3, 0.4) is 0 Å². The lowest BCUT2D eigenvalue weighted by molar-refractivity contribution is 0.367. The van der Waals surface area contributed by atoms with Crippen LogP contribution in [0.1, 0.15) is 46.3 Å². The fourth-order valence-electron chi connectivity index (χ4n) is 6.59. The van der Waals surface area contributed by atoms with Gasteiger partial charge >= 0.3 is 0 Å². The lowest BCUT2D eigenvalue weighted by atomic mass is 9.88. The largest absolute Gasteiger partial charge is 0.243 e. The minimum Gasteiger partial charge on any atom is -0.207 e. The van der Waals surface area contributed by atoms with Crippen LogP contribution < -0.4 is 0 Å². The fraction of sp³-hybridized carbons (Fsp3) is 0.226. The van der Waals surface area contributed by atoms with Crippen molar-refractivity contribution in [2.45, 2.75) is 60.4 Å². The van der Waals surface area contributed by atoms with Gasteiger partial charge in [-0.05, 0) is 76.7 Å². The Morgan fingerprint density at radius 2 is 0.791 bits per heavy atom. The molecule has 1 atom stereocenters. The Morgan fingerprint density at radius 1 is 0.465 bits per heavy atom. The van der Waals surface area contributed by atoms with E-state index in [1.54, 1.807) is 91.0 Å². The maximum Gasteiger partial charge on any atom is 0.243 e. The predicted octanol–water partition coefficient (Wildman–Crippen LogP) is 4.36. The van der Waals surface area contributed by atoms with Crippen LogP contribution in [0, 0.1) is 0 Å². The minimum atomic E-state index is -3.89. The van der Waals surface area contributed by atoms with Crippen LogP contribution in [-0.4, -0.2) is 38.2 Å². The molecule has 0 bridgehead atoms. The summed E-state index contributed by atoms with van der Waals surface area (Å²) in [5.74, 6) is 0. The number of benzene rings is 4. The second-order valence-corrected chi connectivity index (χ2v) is 16.8. The zero-order valence-electron chi connectivity index (χ0n) is 23.3. The summed E-state index contributed by atoms with van der Waals surface area (Å²) in [7, 11) is -11.6. The normalized spacial score (nSPS) is 19.3. The number of fused-ring (bicyclic) bond motifs is 6. The molecule has 0 saturated carbocycles. The smallest absolute Gasteiger partial charge is 0.207 e. The summed E-state index contributed by atoms with van der Waals surface area (Å²) in [6.07, 6.45) is 0. The highest BCUT2D eigenvalue weighted by Gasteiger charge is 2.46. The lowest BCUT2D eigenvalue weighted by Crippen LogP contribution is -2.29. The first-order valence-corrected chi connectivity index (χ1v) is 18.2. The molecule has 4 aromatic carbocycles. The summed E-state index contributed by atoms with van der Waals surface area (Å²) in [4.78, 5) is 0.515. The minimum absolute atomic E-state index is 0.0774. The number of rotatable bonds is 6. The Bertz CT molecular complexity index is 2050. The van der Waals surface area contributed by atoms with E-state index in [1.165, 1.54) is 12.9 Å². The zero-order chi connectivity index (χ0) is 30.1. The summed E-state index contributed by atoms with van der Waals surface area (Å²) in [5.41, 5.74) is 4.62. The molecule has 0 amide bonds. The molecule has 0 aliphatic carbocycles. The molecule has 3 heterocycles. The molecule has 4 aromatic rings. The molecule has 0 saturated heterocycles. The molecule has 0 radical (unpaired) electrons. The van der Waals surface area contributed by atoms with E-state index in [0.29, 0.717) is 0 Å². The molecule has 0 aromatic heterocycles. The van der Waals surface area contributed by atoms with Crippen LogP contribution >= 0.6 is 0 Å². The van der Waals surface area contributed by atoms with Crippen LogP contribution in [0.25, 0.3) is 0 Å². The van der Waals surface area contributed by atoms with Crippen molar-refractivity contribution >= 4 is 30.1 Å². The SMILES string of the molecule is CC1c2c3c(c4c(c2CN1S(=O)(=O)c1ccccc1)CN(S(=O)(=O)c1ccccc1)C4)CN(S(=O)(=O)c1ccccc1)C3. The molecule has 0 N–H and O–H groups in total. The molecular formula is C31H29N3O6S3. The Labute approximate surface area is 252 Å². The third kappa shape index (κ3) is 4.39. The summed E-state index contributed by atoms with van der Waals surface area (Å²) in [6.45, 7) is 2.23. The van der Waals surface area contributed by atoms with Crippen molar-refractivity contribution in [1.29, 1.82) is 0 Å². The van der Waals surface area contributed by atoms with Gasteiger partial charge in [-0.1, -0.05) is 54.6 Å². The molecule has 0 spiro atoms. The summed E-state index contributed by atoms with van der Waals surface area (Å²) < 4.78 is 86.8. The zero-order valence-corrected chi connectivity index (χ0v) is 25.7. The molecule has 3 aliphatic heterocycles. The number of nitrogens with zero attached hydrogens (tertiary/aromatic N) is 3. The van der Waals surface area contributed by atoms with Crippen LogP contribution in [0.5, 0.6) is 0 Å². The van der Waals surface area contributed by atoms with Crippen molar-refractivity contribution in [2.24, 2.45) is 0 Å². The average Bonchev–Trinajstić information content (AvgIpc) is 3.74. The van der Waals surface area contributed by atoms with E-state index in [0.717, 1.165) is 33.4 Å². The molecule has 3 aliphatic rings. The molecule has 43 heavy (non-hydrogen) atoms. The van der Waals surface area contributed by atoms with Gasteiger partial charge < -0.3 is 0 Å². The van der Waals surface area contributed by atoms with Gasteiger partial charge in [0.1, 0.15) is 0 Å². The van der Waals surface area contributed by atoms with Crippen molar-refractivity contribution in [3.63, 3.8) is 0 Å². The number of sulfonamides is 3. The van der Waals surface area contributed by atoms with Crippen LogP contribution in [0.15, 0.2) is 106 Å². The van der Waals surface area contributed by atoms with Gasteiger partial charge in [0.25, 0.3) is 0 Å². The van der Waals surface area contributed by atoms with Gasteiger partial charge in [-0.2, -0.15) is 12.9 Å². The van der Waals surface area contributed by atoms with Gasteiger partial charge in [0.15, 0.2) is 0 Å². The Morgan fingerprint density at radius 3 is 1.21 bits per heavy atom. The summed E-state index contributed by atoms with van der Waals surface area (Å²) in [5, 5.41) is 0. The second-order valence-electron chi connectivity index (χ2n) is 11.0. The Hall–Kier alpha value is -3.39.